The lowest BCUT2D eigenvalue weighted by molar-refractivity contribution is 0.418. The molecule has 0 fully saturated rings. The van der Waals surface area contributed by atoms with Crippen molar-refractivity contribution in [3.63, 3.8) is 0 Å². The fourth-order valence-corrected chi connectivity index (χ4v) is 2.82. The predicted octanol–water partition coefficient (Wildman–Crippen LogP) is 3.59. The molecule has 20 heavy (non-hydrogen) atoms. The molecule has 2 heterocycles. The van der Waals surface area contributed by atoms with E-state index in [0.29, 0.717) is 0 Å². The smallest absolute Gasteiger partial charge is 0.145 e. The number of para-hydroxylation sites is 1. The molecule has 3 rings (SSSR count). The summed E-state index contributed by atoms with van der Waals surface area (Å²) in [6.07, 6.45) is 0. The molecule has 0 bridgehead atoms. The average molecular weight is 284 g/mol. The van der Waals surface area contributed by atoms with Gasteiger partial charge < -0.3 is 10.1 Å². The van der Waals surface area contributed by atoms with Crippen LogP contribution in [0.25, 0.3) is 10.9 Å². The van der Waals surface area contributed by atoms with Crippen molar-refractivity contribution in [2.75, 3.05) is 7.11 Å². The number of nitrogens with zero attached hydrogens (tertiary/aromatic N) is 1. The van der Waals surface area contributed by atoms with Crippen molar-refractivity contribution in [3.8, 4) is 5.75 Å². The van der Waals surface area contributed by atoms with Crippen molar-refractivity contribution >= 4 is 22.2 Å². The molecule has 1 aromatic carbocycles. The van der Waals surface area contributed by atoms with Crippen molar-refractivity contribution in [1.82, 2.24) is 10.3 Å². The molecular formula is C16H16N2OS. The summed E-state index contributed by atoms with van der Waals surface area (Å²) < 4.78 is 5.36. The average Bonchev–Trinajstić information content (AvgIpc) is 3.00. The van der Waals surface area contributed by atoms with E-state index in [4.69, 9.17) is 4.74 Å². The molecule has 0 aliphatic rings. The lowest BCUT2D eigenvalue weighted by atomic mass is 10.2. The minimum absolute atomic E-state index is 0.756. The highest BCUT2D eigenvalue weighted by Crippen LogP contribution is 2.23. The first-order chi connectivity index (χ1) is 9.86. The maximum Gasteiger partial charge on any atom is 0.145 e. The molecule has 2 aromatic heterocycles. The Balaban J connectivity index is 1.75. The summed E-state index contributed by atoms with van der Waals surface area (Å²) in [6.45, 7) is 1.63. The van der Waals surface area contributed by atoms with E-state index in [9.17, 15) is 0 Å². The second-order valence-corrected chi connectivity index (χ2v) is 5.55. The molecule has 0 aliphatic carbocycles. The van der Waals surface area contributed by atoms with E-state index >= 15 is 0 Å². The standard InChI is InChI=1S/C16H16N2OS/c1-19-15-6-2-4-12-7-8-13(18-16(12)15)10-17-11-14-5-3-9-20-14/h2-9,17H,10-11H2,1H3. The fraction of sp³-hybridized carbons (Fsp3) is 0.188. The van der Waals surface area contributed by atoms with E-state index in [2.05, 4.69) is 39.9 Å². The molecule has 1 N–H and O–H groups in total. The van der Waals surface area contributed by atoms with Crippen LogP contribution in [0.2, 0.25) is 0 Å². The predicted molar refractivity (Wildman–Crippen MR) is 83.2 cm³/mol. The third-order valence-electron chi connectivity index (χ3n) is 3.15. The van der Waals surface area contributed by atoms with Crippen LogP contribution < -0.4 is 10.1 Å². The topological polar surface area (TPSA) is 34.1 Å². The van der Waals surface area contributed by atoms with Crippen LogP contribution in [0.1, 0.15) is 10.6 Å². The van der Waals surface area contributed by atoms with Gasteiger partial charge in [-0.25, -0.2) is 4.98 Å². The first-order valence-electron chi connectivity index (χ1n) is 6.52. The Kier molecular flexibility index (Phi) is 3.95. The van der Waals surface area contributed by atoms with Gasteiger partial charge in [0.15, 0.2) is 0 Å². The van der Waals surface area contributed by atoms with E-state index < -0.39 is 0 Å². The molecule has 0 unspecified atom stereocenters. The normalized spacial score (nSPS) is 10.8. The number of benzene rings is 1. The maximum absolute atomic E-state index is 5.36. The van der Waals surface area contributed by atoms with Crippen LogP contribution in [-0.4, -0.2) is 12.1 Å². The number of ether oxygens (including phenoxy) is 1. The highest BCUT2D eigenvalue weighted by molar-refractivity contribution is 7.09. The highest BCUT2D eigenvalue weighted by Gasteiger charge is 2.04. The van der Waals surface area contributed by atoms with Gasteiger partial charge in [0.25, 0.3) is 0 Å². The SMILES string of the molecule is COc1cccc2ccc(CNCc3cccs3)nc12. The third-order valence-corrected chi connectivity index (χ3v) is 4.02. The Morgan fingerprint density at radius 1 is 1.10 bits per heavy atom. The lowest BCUT2D eigenvalue weighted by Gasteiger charge is -2.07. The van der Waals surface area contributed by atoms with Crippen LogP contribution >= 0.6 is 11.3 Å². The molecule has 0 radical (unpaired) electrons. The summed E-state index contributed by atoms with van der Waals surface area (Å²) in [5.41, 5.74) is 1.95. The van der Waals surface area contributed by atoms with E-state index in [1.165, 1.54) is 4.88 Å². The zero-order valence-corrected chi connectivity index (χ0v) is 12.1. The Bertz CT molecular complexity index is 695. The van der Waals surface area contributed by atoms with Gasteiger partial charge >= 0.3 is 0 Å². The van der Waals surface area contributed by atoms with E-state index in [0.717, 1.165) is 35.4 Å². The van der Waals surface area contributed by atoms with Crippen molar-refractivity contribution in [1.29, 1.82) is 0 Å². The molecular weight excluding hydrogens is 268 g/mol. The van der Waals surface area contributed by atoms with Gasteiger partial charge in [0, 0.05) is 23.4 Å². The number of nitrogens with one attached hydrogen (secondary N) is 1. The van der Waals surface area contributed by atoms with Crippen molar-refractivity contribution in [3.05, 3.63) is 58.4 Å². The van der Waals surface area contributed by atoms with Crippen LogP contribution in [0.4, 0.5) is 0 Å². The zero-order chi connectivity index (χ0) is 13.8. The monoisotopic (exact) mass is 284 g/mol. The number of thiophene rings is 1. The number of aromatic nitrogens is 1. The van der Waals surface area contributed by atoms with Crippen molar-refractivity contribution in [2.45, 2.75) is 13.1 Å². The minimum atomic E-state index is 0.756. The third kappa shape index (κ3) is 2.81. The Hall–Kier alpha value is -1.91. The number of methoxy groups -OCH3 is 1. The molecule has 0 amide bonds. The second-order valence-electron chi connectivity index (χ2n) is 4.52. The van der Waals surface area contributed by atoms with Gasteiger partial charge in [-0.2, -0.15) is 0 Å². The largest absolute Gasteiger partial charge is 0.494 e. The molecule has 0 spiro atoms. The van der Waals surface area contributed by atoms with Crippen molar-refractivity contribution < 1.29 is 4.74 Å². The van der Waals surface area contributed by atoms with Crippen LogP contribution in [0.15, 0.2) is 47.8 Å². The molecule has 3 nitrogen and oxygen atoms in total. The Morgan fingerprint density at radius 3 is 2.85 bits per heavy atom. The molecule has 102 valence electrons. The molecule has 0 saturated heterocycles. The van der Waals surface area contributed by atoms with Crippen LogP contribution in [0, 0.1) is 0 Å². The van der Waals surface area contributed by atoms with Gasteiger partial charge in [-0.15, -0.1) is 11.3 Å². The number of hydrogen-bond donors (Lipinski definition) is 1. The first kappa shape index (κ1) is 13.1. The zero-order valence-electron chi connectivity index (χ0n) is 11.3. The first-order valence-corrected chi connectivity index (χ1v) is 7.40. The van der Waals surface area contributed by atoms with Gasteiger partial charge in [-0.05, 0) is 23.6 Å². The fourth-order valence-electron chi connectivity index (χ4n) is 2.15. The van der Waals surface area contributed by atoms with Crippen LogP contribution in [0.5, 0.6) is 5.75 Å². The maximum atomic E-state index is 5.36. The summed E-state index contributed by atoms with van der Waals surface area (Å²) in [5, 5.41) is 6.61. The molecule has 0 aliphatic heterocycles. The van der Waals surface area contributed by atoms with Gasteiger partial charge in [-0.1, -0.05) is 24.3 Å². The van der Waals surface area contributed by atoms with Gasteiger partial charge in [-0.3, -0.25) is 0 Å². The molecule has 4 heteroatoms. The Morgan fingerprint density at radius 2 is 2.05 bits per heavy atom. The summed E-state index contributed by atoms with van der Waals surface area (Å²) in [6, 6.07) is 14.3. The van der Waals surface area contributed by atoms with Gasteiger partial charge in [0.05, 0.1) is 12.8 Å². The summed E-state index contributed by atoms with van der Waals surface area (Å²) >= 11 is 1.76. The van der Waals surface area contributed by atoms with Crippen molar-refractivity contribution in [2.24, 2.45) is 0 Å². The number of pyridine rings is 1. The molecule has 3 aromatic rings. The number of rotatable bonds is 5. The second kappa shape index (κ2) is 6.03. The van der Waals surface area contributed by atoms with Crippen LogP contribution in [0.3, 0.4) is 0 Å². The Labute approximate surface area is 122 Å². The van der Waals surface area contributed by atoms with E-state index in [1.54, 1.807) is 18.4 Å². The number of hydrogen-bond acceptors (Lipinski definition) is 4. The van der Waals surface area contributed by atoms with Crippen LogP contribution in [-0.2, 0) is 13.1 Å². The summed E-state index contributed by atoms with van der Waals surface area (Å²) in [5.74, 6) is 0.822. The quantitative estimate of drug-likeness (QED) is 0.777. The number of fused-ring (bicyclic) bond motifs is 1. The van der Waals surface area contributed by atoms with E-state index in [-0.39, 0.29) is 0 Å². The van der Waals surface area contributed by atoms with Gasteiger partial charge in [0.1, 0.15) is 11.3 Å². The highest BCUT2D eigenvalue weighted by atomic mass is 32.1. The summed E-state index contributed by atoms with van der Waals surface area (Å²) in [4.78, 5) is 6.02. The molecule has 0 saturated carbocycles. The van der Waals surface area contributed by atoms with E-state index in [1.807, 2.05) is 18.2 Å². The summed E-state index contributed by atoms with van der Waals surface area (Å²) in [7, 11) is 1.68. The lowest BCUT2D eigenvalue weighted by Crippen LogP contribution is -2.12. The van der Waals surface area contributed by atoms with Gasteiger partial charge in [0.2, 0.25) is 0 Å². The minimum Gasteiger partial charge on any atom is -0.494 e. The molecule has 0 atom stereocenters.